The Morgan fingerprint density at radius 2 is 1.83 bits per heavy atom. The molecular weight excluding hydrogens is 310 g/mol. The number of para-hydroxylation sites is 3. The minimum atomic E-state index is 0.00443. The maximum absolute atomic E-state index is 12.3. The van der Waals surface area contributed by atoms with E-state index in [0.29, 0.717) is 18.7 Å². The van der Waals surface area contributed by atoms with Crippen LogP contribution in [0.4, 0.5) is 5.69 Å². The summed E-state index contributed by atoms with van der Waals surface area (Å²) in [6.45, 7) is 2.06. The molecular formula is C18H17NO3S. The smallest absolute Gasteiger partial charge is 0.228 e. The van der Waals surface area contributed by atoms with Crippen LogP contribution in [-0.4, -0.2) is 22.8 Å². The number of thioether (sulfide) groups is 1. The van der Waals surface area contributed by atoms with E-state index in [1.807, 2.05) is 54.6 Å². The lowest BCUT2D eigenvalue weighted by molar-refractivity contribution is -0.117. The molecule has 1 heterocycles. The second-order valence-electron chi connectivity index (χ2n) is 5.32. The molecule has 2 aromatic rings. The molecule has 1 fully saturated rings. The molecule has 0 bridgehead atoms. The van der Waals surface area contributed by atoms with Crippen LogP contribution >= 0.6 is 11.8 Å². The summed E-state index contributed by atoms with van der Waals surface area (Å²) in [4.78, 5) is 25.3. The van der Waals surface area contributed by atoms with E-state index in [1.54, 1.807) is 4.90 Å². The highest BCUT2D eigenvalue weighted by molar-refractivity contribution is 8.14. The third-order valence-corrected chi connectivity index (χ3v) is 4.53. The lowest BCUT2D eigenvalue weighted by Crippen LogP contribution is -2.25. The molecule has 4 nitrogen and oxygen atoms in total. The highest BCUT2D eigenvalue weighted by Gasteiger charge is 2.33. The topological polar surface area (TPSA) is 46.6 Å². The van der Waals surface area contributed by atoms with Crippen molar-refractivity contribution < 1.29 is 14.3 Å². The van der Waals surface area contributed by atoms with Crippen molar-refractivity contribution in [2.24, 2.45) is 0 Å². The van der Waals surface area contributed by atoms with Gasteiger partial charge in [-0.1, -0.05) is 42.1 Å². The summed E-state index contributed by atoms with van der Waals surface area (Å²) in [5, 5.41) is 0.0447. The molecule has 1 saturated heterocycles. The summed E-state index contributed by atoms with van der Waals surface area (Å²) in [6.07, 6.45) is 0.379. The van der Waals surface area contributed by atoms with Gasteiger partial charge in [0, 0.05) is 25.1 Å². The number of benzene rings is 2. The van der Waals surface area contributed by atoms with Crippen molar-refractivity contribution in [1.29, 1.82) is 0 Å². The first-order chi connectivity index (χ1) is 11.1. The first-order valence-electron chi connectivity index (χ1n) is 7.43. The van der Waals surface area contributed by atoms with Gasteiger partial charge in [0.1, 0.15) is 5.75 Å². The van der Waals surface area contributed by atoms with Gasteiger partial charge >= 0.3 is 0 Å². The van der Waals surface area contributed by atoms with Crippen molar-refractivity contribution in [1.82, 2.24) is 0 Å². The Morgan fingerprint density at radius 3 is 2.57 bits per heavy atom. The molecule has 0 aromatic heterocycles. The fourth-order valence-electron chi connectivity index (χ4n) is 2.60. The zero-order valence-corrected chi connectivity index (χ0v) is 13.6. The van der Waals surface area contributed by atoms with E-state index in [9.17, 15) is 9.59 Å². The van der Waals surface area contributed by atoms with Gasteiger partial charge in [-0.15, -0.1) is 0 Å². The molecule has 1 atom stereocenters. The maximum atomic E-state index is 12.3. The summed E-state index contributed by atoms with van der Waals surface area (Å²) < 4.78 is 5.92. The molecule has 0 radical (unpaired) electrons. The summed E-state index contributed by atoms with van der Waals surface area (Å²) in [5.41, 5.74) is 0.744. The number of anilines is 1. The number of rotatable bonds is 4. The van der Waals surface area contributed by atoms with Gasteiger partial charge in [0.25, 0.3) is 0 Å². The molecule has 23 heavy (non-hydrogen) atoms. The van der Waals surface area contributed by atoms with Crippen LogP contribution in [0, 0.1) is 0 Å². The Balaban J connectivity index is 1.83. The predicted octanol–water partition coefficient (Wildman–Crippen LogP) is 3.86. The van der Waals surface area contributed by atoms with Crippen molar-refractivity contribution in [2.45, 2.75) is 18.6 Å². The fourth-order valence-corrected chi connectivity index (χ4v) is 3.52. The minimum Gasteiger partial charge on any atom is -0.455 e. The molecule has 0 N–H and O–H groups in total. The zero-order valence-electron chi connectivity index (χ0n) is 12.8. The number of amides is 1. The molecule has 0 aliphatic carbocycles. The lowest BCUT2D eigenvalue weighted by atomic mass is 10.2. The molecule has 1 unspecified atom stereocenters. The van der Waals surface area contributed by atoms with Crippen molar-refractivity contribution in [2.75, 3.05) is 11.4 Å². The normalized spacial score (nSPS) is 17.3. The van der Waals surface area contributed by atoms with Gasteiger partial charge in [0.05, 0.1) is 5.69 Å². The van der Waals surface area contributed by atoms with E-state index in [0.717, 1.165) is 11.4 Å². The van der Waals surface area contributed by atoms with E-state index in [4.69, 9.17) is 4.74 Å². The average molecular weight is 327 g/mol. The lowest BCUT2D eigenvalue weighted by Gasteiger charge is -2.20. The largest absolute Gasteiger partial charge is 0.455 e. The van der Waals surface area contributed by atoms with E-state index in [-0.39, 0.29) is 16.3 Å². The number of hydrogen-bond acceptors (Lipinski definition) is 4. The Bertz CT molecular complexity index is 717. The summed E-state index contributed by atoms with van der Waals surface area (Å²) >= 11 is 1.23. The SMILES string of the molecule is CC(=O)SC1CC(=O)N(c2ccccc2Oc2ccccc2)C1. The molecule has 0 saturated carbocycles. The van der Waals surface area contributed by atoms with Crippen LogP contribution in [-0.2, 0) is 9.59 Å². The van der Waals surface area contributed by atoms with Crippen LogP contribution in [0.15, 0.2) is 54.6 Å². The molecule has 1 amide bonds. The quantitative estimate of drug-likeness (QED) is 0.855. The monoisotopic (exact) mass is 327 g/mol. The second kappa shape index (κ2) is 6.87. The third-order valence-electron chi connectivity index (χ3n) is 3.55. The summed E-state index contributed by atoms with van der Waals surface area (Å²) in [6, 6.07) is 16.9. The van der Waals surface area contributed by atoms with Gasteiger partial charge < -0.3 is 9.64 Å². The van der Waals surface area contributed by atoms with Gasteiger partial charge in [-0.05, 0) is 24.3 Å². The third kappa shape index (κ3) is 3.74. The Kier molecular flexibility index (Phi) is 4.67. The number of ether oxygens (including phenoxy) is 1. The van der Waals surface area contributed by atoms with Gasteiger partial charge in [0.15, 0.2) is 10.9 Å². The Morgan fingerprint density at radius 1 is 1.13 bits per heavy atom. The standard InChI is InChI=1S/C18H17NO3S/c1-13(20)23-15-11-18(21)19(12-15)16-9-5-6-10-17(16)22-14-7-3-2-4-8-14/h2-10,15H,11-12H2,1H3. The first kappa shape index (κ1) is 15.6. The molecule has 2 aromatic carbocycles. The van der Waals surface area contributed by atoms with Crippen LogP contribution in [0.1, 0.15) is 13.3 Å². The number of hydrogen-bond donors (Lipinski definition) is 0. The van der Waals surface area contributed by atoms with E-state index in [2.05, 4.69) is 0 Å². The fraction of sp³-hybridized carbons (Fsp3) is 0.222. The molecule has 1 aliphatic rings. The van der Waals surface area contributed by atoms with E-state index >= 15 is 0 Å². The Labute approximate surface area is 139 Å². The maximum Gasteiger partial charge on any atom is 0.228 e. The highest BCUT2D eigenvalue weighted by Crippen LogP contribution is 2.36. The van der Waals surface area contributed by atoms with Gasteiger partial charge in [-0.25, -0.2) is 0 Å². The average Bonchev–Trinajstić information content (AvgIpc) is 2.88. The zero-order chi connectivity index (χ0) is 16.2. The summed E-state index contributed by atoms with van der Waals surface area (Å²) in [7, 11) is 0. The Hall–Kier alpha value is -2.27. The van der Waals surface area contributed by atoms with E-state index < -0.39 is 0 Å². The molecule has 1 aliphatic heterocycles. The van der Waals surface area contributed by atoms with Crippen molar-refractivity contribution >= 4 is 28.5 Å². The number of nitrogens with zero attached hydrogens (tertiary/aromatic N) is 1. The van der Waals surface area contributed by atoms with Gasteiger partial charge in [-0.3, -0.25) is 9.59 Å². The molecule has 0 spiro atoms. The van der Waals surface area contributed by atoms with Gasteiger partial charge in [-0.2, -0.15) is 0 Å². The molecule has 5 heteroatoms. The van der Waals surface area contributed by atoms with Crippen LogP contribution in [0.25, 0.3) is 0 Å². The van der Waals surface area contributed by atoms with Gasteiger partial charge in [0.2, 0.25) is 5.91 Å². The molecule has 3 rings (SSSR count). The first-order valence-corrected chi connectivity index (χ1v) is 8.31. The van der Waals surface area contributed by atoms with Crippen molar-refractivity contribution in [3.05, 3.63) is 54.6 Å². The van der Waals surface area contributed by atoms with Crippen LogP contribution in [0.5, 0.6) is 11.5 Å². The van der Waals surface area contributed by atoms with E-state index in [1.165, 1.54) is 18.7 Å². The minimum absolute atomic E-state index is 0.00443. The van der Waals surface area contributed by atoms with Crippen molar-refractivity contribution in [3.8, 4) is 11.5 Å². The number of carbonyl (C=O) groups excluding carboxylic acids is 2. The van der Waals surface area contributed by atoms with Crippen LogP contribution in [0.3, 0.4) is 0 Å². The highest BCUT2D eigenvalue weighted by atomic mass is 32.2. The molecule has 118 valence electrons. The van der Waals surface area contributed by atoms with Crippen molar-refractivity contribution in [3.63, 3.8) is 0 Å². The summed E-state index contributed by atoms with van der Waals surface area (Å²) in [5.74, 6) is 1.38. The second-order valence-corrected chi connectivity index (χ2v) is 6.80. The predicted molar refractivity (Wildman–Crippen MR) is 92.0 cm³/mol. The van der Waals surface area contributed by atoms with Crippen LogP contribution < -0.4 is 9.64 Å². The number of carbonyl (C=O) groups is 2. The van der Waals surface area contributed by atoms with Crippen LogP contribution in [0.2, 0.25) is 0 Å².